The number of aliphatic hydroxyl groups excluding tert-OH is 1. The minimum atomic E-state index is -1.00. The van der Waals surface area contributed by atoms with Crippen LogP contribution in [0, 0.1) is 11.8 Å². The molecule has 0 fully saturated rings. The summed E-state index contributed by atoms with van der Waals surface area (Å²) >= 11 is 0. The molecular weight excluding hydrogens is 130 g/mol. The van der Waals surface area contributed by atoms with Gasteiger partial charge in [-0.2, -0.15) is 0 Å². The topological polar surface area (TPSA) is 63.3 Å². The van der Waals surface area contributed by atoms with Crippen LogP contribution < -0.4 is 5.73 Å². The summed E-state index contributed by atoms with van der Waals surface area (Å²) in [7, 11) is 0. The smallest absolute Gasteiger partial charge is 0.246 e. The van der Waals surface area contributed by atoms with Gasteiger partial charge >= 0.3 is 0 Å². The van der Waals surface area contributed by atoms with Crippen LogP contribution >= 0.6 is 0 Å². The lowest BCUT2D eigenvalue weighted by atomic mass is 9.92. The zero-order chi connectivity index (χ0) is 8.31. The number of nitrogens with two attached hydrogens (primary N) is 1. The van der Waals surface area contributed by atoms with Crippen molar-refractivity contribution in [2.75, 3.05) is 0 Å². The Bertz CT molecular complexity index is 123. The standard InChI is InChI=1S/C7H15NO2/c1-4(2)5(3)6(9)7(8)10/h4-6,9H,1-3H3,(H2,8,10)/t5-,6-/m0/s1. The Hall–Kier alpha value is -0.570. The fraction of sp³-hybridized carbons (Fsp3) is 0.857. The number of carbonyl (C=O) groups excluding carboxylic acids is 1. The van der Waals surface area contributed by atoms with E-state index in [0.717, 1.165) is 0 Å². The number of carbonyl (C=O) groups is 1. The van der Waals surface area contributed by atoms with Gasteiger partial charge in [0.1, 0.15) is 6.10 Å². The second kappa shape index (κ2) is 3.56. The van der Waals surface area contributed by atoms with Crippen LogP contribution in [0.4, 0.5) is 0 Å². The molecule has 0 aromatic heterocycles. The number of hydrogen-bond acceptors (Lipinski definition) is 2. The van der Waals surface area contributed by atoms with Gasteiger partial charge in [-0.05, 0) is 11.8 Å². The highest BCUT2D eigenvalue weighted by Gasteiger charge is 2.21. The van der Waals surface area contributed by atoms with E-state index in [1.807, 2.05) is 13.8 Å². The van der Waals surface area contributed by atoms with Crippen molar-refractivity contribution in [2.45, 2.75) is 26.9 Å². The van der Waals surface area contributed by atoms with E-state index in [-0.39, 0.29) is 11.8 Å². The molecule has 0 saturated heterocycles. The van der Waals surface area contributed by atoms with E-state index in [2.05, 4.69) is 0 Å². The van der Waals surface area contributed by atoms with Crippen LogP contribution in [0.2, 0.25) is 0 Å². The summed E-state index contributed by atoms with van der Waals surface area (Å²) in [5, 5.41) is 9.09. The van der Waals surface area contributed by atoms with Gasteiger partial charge in [-0.1, -0.05) is 20.8 Å². The lowest BCUT2D eigenvalue weighted by Gasteiger charge is -2.18. The fourth-order valence-electron chi connectivity index (χ4n) is 0.624. The van der Waals surface area contributed by atoms with Gasteiger partial charge < -0.3 is 10.8 Å². The van der Waals surface area contributed by atoms with Crippen LogP contribution in [0.5, 0.6) is 0 Å². The van der Waals surface area contributed by atoms with E-state index in [1.165, 1.54) is 0 Å². The second-order valence-corrected chi connectivity index (χ2v) is 2.95. The van der Waals surface area contributed by atoms with Gasteiger partial charge in [0, 0.05) is 0 Å². The van der Waals surface area contributed by atoms with Crippen molar-refractivity contribution in [3.63, 3.8) is 0 Å². The first-order valence-corrected chi connectivity index (χ1v) is 3.44. The van der Waals surface area contributed by atoms with E-state index < -0.39 is 12.0 Å². The quantitative estimate of drug-likeness (QED) is 0.592. The molecular formula is C7H15NO2. The Morgan fingerprint density at radius 2 is 1.80 bits per heavy atom. The van der Waals surface area contributed by atoms with Gasteiger partial charge in [-0.25, -0.2) is 0 Å². The van der Waals surface area contributed by atoms with Crippen molar-refractivity contribution in [2.24, 2.45) is 17.6 Å². The zero-order valence-electron chi connectivity index (χ0n) is 6.66. The summed E-state index contributed by atoms with van der Waals surface area (Å²) in [6.45, 7) is 5.69. The van der Waals surface area contributed by atoms with Crippen LogP contribution in [0.25, 0.3) is 0 Å². The molecule has 0 spiro atoms. The fourth-order valence-corrected chi connectivity index (χ4v) is 0.624. The predicted molar refractivity (Wildman–Crippen MR) is 39.2 cm³/mol. The summed E-state index contributed by atoms with van der Waals surface area (Å²) in [4.78, 5) is 10.4. The van der Waals surface area contributed by atoms with Crippen molar-refractivity contribution in [3.8, 4) is 0 Å². The van der Waals surface area contributed by atoms with Crippen molar-refractivity contribution in [1.82, 2.24) is 0 Å². The Morgan fingerprint density at radius 3 is 1.90 bits per heavy atom. The predicted octanol–water partition coefficient (Wildman–Crippen LogP) is 0.125. The molecule has 2 atom stereocenters. The number of hydrogen-bond donors (Lipinski definition) is 2. The molecule has 3 nitrogen and oxygen atoms in total. The molecule has 0 bridgehead atoms. The third-order valence-corrected chi connectivity index (χ3v) is 1.84. The Labute approximate surface area is 61.2 Å². The third kappa shape index (κ3) is 2.35. The average molecular weight is 145 g/mol. The minimum absolute atomic E-state index is 0.0579. The van der Waals surface area contributed by atoms with E-state index in [4.69, 9.17) is 10.8 Å². The molecule has 60 valence electrons. The maximum absolute atomic E-state index is 10.4. The molecule has 0 aliphatic carbocycles. The maximum Gasteiger partial charge on any atom is 0.246 e. The Kier molecular flexibility index (Phi) is 3.36. The van der Waals surface area contributed by atoms with Crippen LogP contribution in [0.1, 0.15) is 20.8 Å². The van der Waals surface area contributed by atoms with E-state index in [1.54, 1.807) is 6.92 Å². The molecule has 0 unspecified atom stereocenters. The molecule has 0 rings (SSSR count). The van der Waals surface area contributed by atoms with Crippen LogP contribution in [0.15, 0.2) is 0 Å². The lowest BCUT2D eigenvalue weighted by molar-refractivity contribution is -0.129. The molecule has 3 heteroatoms. The van der Waals surface area contributed by atoms with Crippen LogP contribution in [0.3, 0.4) is 0 Å². The number of primary amides is 1. The highest BCUT2D eigenvalue weighted by Crippen LogP contribution is 2.13. The van der Waals surface area contributed by atoms with E-state index in [0.29, 0.717) is 0 Å². The summed E-state index contributed by atoms with van der Waals surface area (Å²) in [6.07, 6.45) is -1.00. The first-order valence-electron chi connectivity index (χ1n) is 3.44. The zero-order valence-corrected chi connectivity index (χ0v) is 6.66. The highest BCUT2D eigenvalue weighted by molar-refractivity contribution is 5.78. The van der Waals surface area contributed by atoms with E-state index >= 15 is 0 Å². The van der Waals surface area contributed by atoms with Gasteiger partial charge in [0.05, 0.1) is 0 Å². The number of amides is 1. The van der Waals surface area contributed by atoms with Crippen molar-refractivity contribution in [1.29, 1.82) is 0 Å². The molecule has 0 aromatic rings. The SMILES string of the molecule is CC(C)[C@H](C)[C@H](O)C(N)=O. The van der Waals surface area contributed by atoms with Crippen molar-refractivity contribution >= 4 is 5.91 Å². The molecule has 0 aliphatic heterocycles. The van der Waals surface area contributed by atoms with Crippen molar-refractivity contribution < 1.29 is 9.90 Å². The maximum atomic E-state index is 10.4. The minimum Gasteiger partial charge on any atom is -0.383 e. The molecule has 10 heavy (non-hydrogen) atoms. The molecule has 0 aliphatic rings. The highest BCUT2D eigenvalue weighted by atomic mass is 16.3. The van der Waals surface area contributed by atoms with Crippen molar-refractivity contribution in [3.05, 3.63) is 0 Å². The number of aliphatic hydroxyl groups is 1. The van der Waals surface area contributed by atoms with Crippen LogP contribution in [-0.2, 0) is 4.79 Å². The normalized spacial score (nSPS) is 16.9. The molecule has 0 heterocycles. The monoisotopic (exact) mass is 145 g/mol. The Balaban J connectivity index is 3.94. The summed E-state index contributed by atoms with van der Waals surface area (Å²) < 4.78 is 0. The molecule has 0 aromatic carbocycles. The Morgan fingerprint density at radius 1 is 1.40 bits per heavy atom. The largest absolute Gasteiger partial charge is 0.383 e. The molecule has 1 amide bonds. The average Bonchev–Trinajstić information content (AvgIpc) is 1.84. The van der Waals surface area contributed by atoms with Gasteiger partial charge in [0.25, 0.3) is 0 Å². The third-order valence-electron chi connectivity index (χ3n) is 1.84. The van der Waals surface area contributed by atoms with Gasteiger partial charge in [0.2, 0.25) is 5.91 Å². The molecule has 0 radical (unpaired) electrons. The first-order chi connectivity index (χ1) is 4.46. The summed E-state index contributed by atoms with van der Waals surface area (Å²) in [5.41, 5.74) is 4.89. The second-order valence-electron chi connectivity index (χ2n) is 2.95. The van der Waals surface area contributed by atoms with Gasteiger partial charge in [-0.3, -0.25) is 4.79 Å². The molecule has 0 saturated carbocycles. The van der Waals surface area contributed by atoms with Gasteiger partial charge in [-0.15, -0.1) is 0 Å². The summed E-state index contributed by atoms with van der Waals surface area (Å²) in [5.74, 6) is -0.416. The number of rotatable bonds is 3. The van der Waals surface area contributed by atoms with Gasteiger partial charge in [0.15, 0.2) is 0 Å². The van der Waals surface area contributed by atoms with Crippen LogP contribution in [-0.4, -0.2) is 17.1 Å². The van der Waals surface area contributed by atoms with E-state index in [9.17, 15) is 4.79 Å². The molecule has 3 N–H and O–H groups in total. The first kappa shape index (κ1) is 9.43. The summed E-state index contributed by atoms with van der Waals surface area (Å²) in [6, 6.07) is 0. The lowest BCUT2D eigenvalue weighted by Crippen LogP contribution is -2.36.